The van der Waals surface area contributed by atoms with Crippen molar-refractivity contribution in [2.75, 3.05) is 0 Å². The van der Waals surface area contributed by atoms with Gasteiger partial charge in [-0.2, -0.15) is 0 Å². The van der Waals surface area contributed by atoms with E-state index in [0.29, 0.717) is 11.8 Å². The maximum absolute atomic E-state index is 2.37. The van der Waals surface area contributed by atoms with Crippen molar-refractivity contribution in [2.45, 2.75) is 66.2 Å². The van der Waals surface area contributed by atoms with Crippen molar-refractivity contribution in [1.29, 1.82) is 0 Å². The van der Waals surface area contributed by atoms with Crippen molar-refractivity contribution in [1.82, 2.24) is 0 Å². The van der Waals surface area contributed by atoms with Crippen LogP contribution >= 0.6 is 0 Å². The zero-order valence-corrected chi connectivity index (χ0v) is 13.5. The Kier molecular flexibility index (Phi) is 4.30. The summed E-state index contributed by atoms with van der Waals surface area (Å²) >= 11 is 0. The highest BCUT2D eigenvalue weighted by Gasteiger charge is 2.33. The van der Waals surface area contributed by atoms with Crippen LogP contribution in [0.2, 0.25) is 0 Å². The average molecular weight is 246 g/mol. The Morgan fingerprint density at radius 3 is 1.17 bits per heavy atom. The van der Waals surface area contributed by atoms with E-state index in [1.54, 1.807) is 0 Å². The Bertz CT molecular complexity index is 355. The molecule has 0 unspecified atom stereocenters. The summed E-state index contributed by atoms with van der Waals surface area (Å²) in [6, 6.07) is 9.00. The number of hydrogen-bond acceptors (Lipinski definition) is 0. The van der Waals surface area contributed by atoms with E-state index < -0.39 is 0 Å². The van der Waals surface area contributed by atoms with Crippen molar-refractivity contribution < 1.29 is 0 Å². The molecule has 0 nitrogen and oxygen atoms in total. The lowest BCUT2D eigenvalue weighted by molar-refractivity contribution is 0.334. The molecule has 0 amide bonds. The molecule has 0 aliphatic carbocycles. The maximum Gasteiger partial charge on any atom is -0.00776 e. The number of benzene rings is 1. The van der Waals surface area contributed by atoms with Gasteiger partial charge in [0.15, 0.2) is 0 Å². The predicted octanol–water partition coefficient (Wildman–Crippen LogP) is 5.55. The maximum atomic E-state index is 2.37. The molecule has 1 rings (SSSR count). The number of hydrogen-bond donors (Lipinski definition) is 0. The molecule has 0 fully saturated rings. The monoisotopic (exact) mass is 246 g/mol. The van der Waals surface area contributed by atoms with E-state index >= 15 is 0 Å². The van der Waals surface area contributed by atoms with Crippen molar-refractivity contribution in [3.63, 3.8) is 0 Å². The summed E-state index contributed by atoms with van der Waals surface area (Å²) in [5, 5.41) is 0. The van der Waals surface area contributed by atoms with Gasteiger partial charge in [-0.05, 0) is 33.8 Å². The molecule has 0 saturated heterocycles. The minimum Gasteiger partial charge on any atom is -0.0620 e. The molecule has 1 aromatic rings. The Labute approximate surface area is 114 Å². The second kappa shape index (κ2) is 5.07. The molecule has 0 aliphatic heterocycles. The minimum absolute atomic E-state index is 0.225. The number of rotatable bonds is 4. The largest absolute Gasteiger partial charge is 0.0620 e. The first-order valence-corrected chi connectivity index (χ1v) is 7.21. The molecule has 1 aromatic carbocycles. The fourth-order valence-corrected chi connectivity index (χ4v) is 2.23. The molecular formula is C18H30. The van der Waals surface area contributed by atoms with E-state index in [-0.39, 0.29) is 10.8 Å². The second-order valence-corrected chi connectivity index (χ2v) is 7.30. The van der Waals surface area contributed by atoms with Gasteiger partial charge in [-0.25, -0.2) is 0 Å². The van der Waals surface area contributed by atoms with Crippen LogP contribution in [0.5, 0.6) is 0 Å². The molecule has 0 N–H and O–H groups in total. The van der Waals surface area contributed by atoms with Gasteiger partial charge in [0.1, 0.15) is 0 Å². The third-order valence-corrected chi connectivity index (χ3v) is 5.20. The third kappa shape index (κ3) is 2.63. The van der Waals surface area contributed by atoms with Crippen LogP contribution in [0.1, 0.15) is 66.5 Å². The quantitative estimate of drug-likeness (QED) is 0.653. The SMILES string of the molecule is CC(C)C(C)(C)c1ccccc1C(C)(C)C(C)C. The summed E-state index contributed by atoms with van der Waals surface area (Å²) in [6.07, 6.45) is 0. The van der Waals surface area contributed by atoms with Gasteiger partial charge in [-0.15, -0.1) is 0 Å². The van der Waals surface area contributed by atoms with Crippen LogP contribution in [0.4, 0.5) is 0 Å². The Hall–Kier alpha value is -0.780. The minimum atomic E-state index is 0.225. The summed E-state index contributed by atoms with van der Waals surface area (Å²) in [4.78, 5) is 0. The van der Waals surface area contributed by atoms with Crippen LogP contribution in [0, 0.1) is 11.8 Å². The molecule has 0 saturated carbocycles. The van der Waals surface area contributed by atoms with Gasteiger partial charge >= 0.3 is 0 Å². The summed E-state index contributed by atoms with van der Waals surface area (Å²) in [6.45, 7) is 18.7. The second-order valence-electron chi connectivity index (χ2n) is 7.30. The van der Waals surface area contributed by atoms with E-state index in [1.807, 2.05) is 0 Å². The summed E-state index contributed by atoms with van der Waals surface area (Å²) in [5.74, 6) is 1.28. The molecule has 0 heteroatoms. The van der Waals surface area contributed by atoms with Crippen LogP contribution in [0.25, 0.3) is 0 Å². The normalized spacial score (nSPS) is 13.4. The molecular weight excluding hydrogens is 216 g/mol. The summed E-state index contributed by atoms with van der Waals surface area (Å²) in [7, 11) is 0. The van der Waals surface area contributed by atoms with Crippen LogP contribution in [0.3, 0.4) is 0 Å². The first-order valence-electron chi connectivity index (χ1n) is 7.21. The lowest BCUT2D eigenvalue weighted by Gasteiger charge is -2.39. The first kappa shape index (κ1) is 15.3. The van der Waals surface area contributed by atoms with Crippen LogP contribution in [-0.2, 0) is 10.8 Å². The van der Waals surface area contributed by atoms with Gasteiger partial charge < -0.3 is 0 Å². The topological polar surface area (TPSA) is 0 Å². The van der Waals surface area contributed by atoms with Gasteiger partial charge in [0.2, 0.25) is 0 Å². The Balaban J connectivity index is 3.41. The Morgan fingerprint density at radius 2 is 0.944 bits per heavy atom. The molecule has 0 heterocycles. The highest BCUT2D eigenvalue weighted by Crippen LogP contribution is 2.41. The summed E-state index contributed by atoms with van der Waals surface area (Å²) < 4.78 is 0. The lowest BCUT2D eigenvalue weighted by Crippen LogP contribution is -2.32. The molecule has 0 spiro atoms. The van der Waals surface area contributed by atoms with E-state index in [2.05, 4.69) is 79.7 Å². The van der Waals surface area contributed by atoms with E-state index in [1.165, 1.54) is 11.1 Å². The van der Waals surface area contributed by atoms with Crippen LogP contribution in [0.15, 0.2) is 24.3 Å². The molecule has 102 valence electrons. The molecule has 0 atom stereocenters. The van der Waals surface area contributed by atoms with Gasteiger partial charge in [-0.3, -0.25) is 0 Å². The standard InChI is InChI=1S/C18H30/c1-13(2)17(5,6)15-11-9-10-12-16(15)18(7,8)14(3)4/h9-14H,1-8H3. The van der Waals surface area contributed by atoms with E-state index in [9.17, 15) is 0 Å². The third-order valence-electron chi connectivity index (χ3n) is 5.20. The zero-order valence-electron chi connectivity index (χ0n) is 13.5. The van der Waals surface area contributed by atoms with Gasteiger partial charge in [-0.1, -0.05) is 79.7 Å². The van der Waals surface area contributed by atoms with Crippen LogP contribution in [-0.4, -0.2) is 0 Å². The average Bonchev–Trinajstić information content (AvgIpc) is 2.28. The molecule has 0 radical (unpaired) electrons. The predicted molar refractivity (Wildman–Crippen MR) is 82.2 cm³/mol. The highest BCUT2D eigenvalue weighted by molar-refractivity contribution is 5.39. The fourth-order valence-electron chi connectivity index (χ4n) is 2.23. The highest BCUT2D eigenvalue weighted by atomic mass is 14.4. The van der Waals surface area contributed by atoms with Gasteiger partial charge in [0.25, 0.3) is 0 Å². The zero-order chi connectivity index (χ0) is 14.1. The van der Waals surface area contributed by atoms with E-state index in [0.717, 1.165) is 0 Å². The molecule has 0 aromatic heterocycles. The Morgan fingerprint density at radius 1 is 0.667 bits per heavy atom. The van der Waals surface area contributed by atoms with Crippen LogP contribution < -0.4 is 0 Å². The summed E-state index contributed by atoms with van der Waals surface area (Å²) in [5.41, 5.74) is 3.48. The lowest BCUT2D eigenvalue weighted by atomic mass is 9.66. The van der Waals surface area contributed by atoms with Crippen molar-refractivity contribution in [2.24, 2.45) is 11.8 Å². The molecule has 0 aliphatic rings. The van der Waals surface area contributed by atoms with Crippen molar-refractivity contribution in [3.8, 4) is 0 Å². The van der Waals surface area contributed by atoms with E-state index in [4.69, 9.17) is 0 Å². The van der Waals surface area contributed by atoms with Gasteiger partial charge in [0, 0.05) is 0 Å². The molecule has 0 bridgehead atoms. The van der Waals surface area contributed by atoms with Crippen molar-refractivity contribution >= 4 is 0 Å². The molecule has 18 heavy (non-hydrogen) atoms. The van der Waals surface area contributed by atoms with Gasteiger partial charge in [0.05, 0.1) is 0 Å². The fraction of sp³-hybridized carbons (Fsp3) is 0.667. The van der Waals surface area contributed by atoms with Crippen molar-refractivity contribution in [3.05, 3.63) is 35.4 Å². The smallest absolute Gasteiger partial charge is 0.00776 e. The first-order chi connectivity index (χ1) is 8.11.